The highest BCUT2D eigenvalue weighted by atomic mass is 16.5. The highest BCUT2D eigenvalue weighted by Crippen LogP contribution is 2.24. The lowest BCUT2D eigenvalue weighted by molar-refractivity contribution is -0.142. The molecule has 1 aliphatic heterocycles. The van der Waals surface area contributed by atoms with Crippen LogP contribution < -0.4 is 4.74 Å². The van der Waals surface area contributed by atoms with Crippen molar-refractivity contribution in [3.8, 4) is 5.75 Å². The molecule has 2 rings (SSSR count). The van der Waals surface area contributed by atoms with Crippen LogP contribution in [0.2, 0.25) is 0 Å². The topological polar surface area (TPSA) is 66.8 Å². The summed E-state index contributed by atoms with van der Waals surface area (Å²) in [6, 6.07) is 7.52. The summed E-state index contributed by atoms with van der Waals surface area (Å²) in [5.41, 5.74) is 0.894. The molecule has 2 atom stereocenters. The monoisotopic (exact) mass is 305 g/mol. The van der Waals surface area contributed by atoms with Crippen LogP contribution in [0.25, 0.3) is 0 Å². The Morgan fingerprint density at radius 3 is 2.77 bits per heavy atom. The first-order valence-corrected chi connectivity index (χ1v) is 7.73. The van der Waals surface area contributed by atoms with E-state index in [-0.39, 0.29) is 18.2 Å². The Kier molecular flexibility index (Phi) is 5.41. The normalized spacial score (nSPS) is 20.9. The molecule has 5 heteroatoms. The van der Waals surface area contributed by atoms with Gasteiger partial charge in [-0.3, -0.25) is 9.59 Å². The molecule has 0 unspecified atom stereocenters. The lowest BCUT2D eigenvalue weighted by atomic mass is 9.99. The molecule has 0 aromatic heterocycles. The second-order valence-corrected chi connectivity index (χ2v) is 5.89. The fraction of sp³-hybridized carbons (Fsp3) is 0.529. The summed E-state index contributed by atoms with van der Waals surface area (Å²) in [5, 5.41) is 9.14. The Bertz CT molecular complexity index is 543. The number of aliphatic carboxylic acids is 1. The highest BCUT2D eigenvalue weighted by Gasteiger charge is 2.36. The van der Waals surface area contributed by atoms with Gasteiger partial charge in [0.15, 0.2) is 0 Å². The second kappa shape index (κ2) is 7.29. The van der Waals surface area contributed by atoms with Crippen molar-refractivity contribution in [3.63, 3.8) is 0 Å². The van der Waals surface area contributed by atoms with E-state index < -0.39 is 11.9 Å². The first-order valence-electron chi connectivity index (χ1n) is 7.73. The zero-order valence-corrected chi connectivity index (χ0v) is 13.1. The smallest absolute Gasteiger partial charge is 0.308 e. The summed E-state index contributed by atoms with van der Waals surface area (Å²) in [6.45, 7) is 5.40. The lowest BCUT2D eigenvalue weighted by Crippen LogP contribution is -2.31. The number of likely N-dealkylation sites (tertiary alicyclic amines) is 1. The maximum absolute atomic E-state index is 12.3. The van der Waals surface area contributed by atoms with Crippen molar-refractivity contribution in [2.24, 2.45) is 11.8 Å². The molecule has 0 radical (unpaired) electrons. The minimum Gasteiger partial charge on any atom is -0.494 e. The molecule has 120 valence electrons. The third-order valence-corrected chi connectivity index (χ3v) is 4.01. The third kappa shape index (κ3) is 4.00. The summed E-state index contributed by atoms with van der Waals surface area (Å²) >= 11 is 0. The van der Waals surface area contributed by atoms with Crippen LogP contribution >= 0.6 is 0 Å². The Morgan fingerprint density at radius 1 is 1.36 bits per heavy atom. The van der Waals surface area contributed by atoms with E-state index in [0.717, 1.165) is 17.7 Å². The fourth-order valence-electron chi connectivity index (χ4n) is 2.74. The number of rotatable bonds is 6. The molecule has 0 spiro atoms. The number of carboxylic acids is 1. The van der Waals surface area contributed by atoms with Crippen molar-refractivity contribution >= 4 is 11.9 Å². The first kappa shape index (κ1) is 16.3. The van der Waals surface area contributed by atoms with Gasteiger partial charge in [-0.1, -0.05) is 26.0 Å². The van der Waals surface area contributed by atoms with E-state index in [4.69, 9.17) is 9.84 Å². The van der Waals surface area contributed by atoms with Crippen molar-refractivity contribution < 1.29 is 19.4 Å². The van der Waals surface area contributed by atoms with Crippen LogP contribution in [0.3, 0.4) is 0 Å². The number of benzene rings is 1. The van der Waals surface area contributed by atoms with Gasteiger partial charge in [0.2, 0.25) is 5.91 Å². The fourth-order valence-corrected chi connectivity index (χ4v) is 2.74. The number of amides is 1. The Balaban J connectivity index is 1.96. The Hall–Kier alpha value is -2.04. The molecule has 1 amide bonds. The maximum atomic E-state index is 12.3. The number of carbonyl (C=O) groups excluding carboxylic acids is 1. The first-order chi connectivity index (χ1) is 10.5. The third-order valence-electron chi connectivity index (χ3n) is 4.01. The van der Waals surface area contributed by atoms with E-state index in [1.807, 2.05) is 38.1 Å². The molecule has 1 heterocycles. The van der Waals surface area contributed by atoms with Crippen molar-refractivity contribution in [3.05, 3.63) is 29.8 Å². The van der Waals surface area contributed by atoms with Gasteiger partial charge in [0.1, 0.15) is 5.75 Å². The van der Waals surface area contributed by atoms with Gasteiger partial charge in [-0.05, 0) is 30.0 Å². The van der Waals surface area contributed by atoms with Gasteiger partial charge >= 0.3 is 5.97 Å². The van der Waals surface area contributed by atoms with Crippen LogP contribution in [0.4, 0.5) is 0 Å². The number of nitrogens with zero attached hydrogens (tertiary/aromatic N) is 1. The van der Waals surface area contributed by atoms with Crippen molar-refractivity contribution in [1.82, 2.24) is 4.90 Å². The second-order valence-electron chi connectivity index (χ2n) is 5.89. The van der Waals surface area contributed by atoms with Crippen molar-refractivity contribution in [2.45, 2.75) is 26.7 Å². The lowest BCUT2D eigenvalue weighted by Gasteiger charge is -2.16. The number of carbonyl (C=O) groups is 2. The van der Waals surface area contributed by atoms with Crippen LogP contribution in [0.15, 0.2) is 24.3 Å². The highest BCUT2D eigenvalue weighted by molar-refractivity contribution is 5.81. The zero-order chi connectivity index (χ0) is 16.1. The van der Waals surface area contributed by atoms with Crippen LogP contribution in [-0.4, -0.2) is 41.6 Å². The molecule has 22 heavy (non-hydrogen) atoms. The quantitative estimate of drug-likeness (QED) is 0.875. The summed E-state index contributed by atoms with van der Waals surface area (Å²) in [7, 11) is 0. The number of ether oxygens (including phenoxy) is 1. The van der Waals surface area contributed by atoms with Crippen LogP contribution in [-0.2, 0) is 16.0 Å². The molecule has 1 N–H and O–H groups in total. The Morgan fingerprint density at radius 2 is 2.14 bits per heavy atom. The van der Waals surface area contributed by atoms with Gasteiger partial charge in [0.25, 0.3) is 0 Å². The molecule has 1 aromatic carbocycles. The molecule has 0 saturated carbocycles. The molecule has 0 bridgehead atoms. The molecule has 1 aromatic rings. The molecular formula is C17H23NO4. The van der Waals surface area contributed by atoms with E-state index in [1.165, 1.54) is 0 Å². The van der Waals surface area contributed by atoms with Crippen LogP contribution in [0.5, 0.6) is 5.75 Å². The van der Waals surface area contributed by atoms with E-state index in [2.05, 4.69) is 0 Å². The Labute approximate surface area is 130 Å². The van der Waals surface area contributed by atoms with E-state index in [9.17, 15) is 9.59 Å². The van der Waals surface area contributed by atoms with Crippen molar-refractivity contribution in [1.29, 1.82) is 0 Å². The SMILES string of the molecule is CCCOc1cccc(CC(=O)N2C[C@@H](C)[C@H](C(=O)O)C2)c1. The minimum absolute atomic E-state index is 0.000622. The minimum atomic E-state index is -0.822. The molecule has 1 saturated heterocycles. The van der Waals surface area contributed by atoms with E-state index in [1.54, 1.807) is 4.90 Å². The van der Waals surface area contributed by atoms with Gasteiger partial charge < -0.3 is 14.7 Å². The standard InChI is InChI=1S/C17H23NO4/c1-3-7-22-14-6-4-5-13(8-14)9-16(19)18-10-12(2)15(11-18)17(20)21/h4-6,8,12,15H,3,7,9-11H2,1-2H3,(H,20,21)/t12-,15-/m1/s1. The molecular weight excluding hydrogens is 282 g/mol. The summed E-state index contributed by atoms with van der Waals surface area (Å²) in [4.78, 5) is 25.1. The van der Waals surface area contributed by atoms with Crippen LogP contribution in [0.1, 0.15) is 25.8 Å². The number of carboxylic acid groups (broad SMARTS) is 1. The molecule has 1 aliphatic rings. The molecule has 0 aliphatic carbocycles. The summed E-state index contributed by atoms with van der Waals surface area (Å²) in [6.07, 6.45) is 1.22. The maximum Gasteiger partial charge on any atom is 0.308 e. The predicted molar refractivity (Wildman–Crippen MR) is 82.8 cm³/mol. The molecule has 1 fully saturated rings. The van der Waals surface area contributed by atoms with Gasteiger partial charge in [-0.15, -0.1) is 0 Å². The van der Waals surface area contributed by atoms with Crippen molar-refractivity contribution in [2.75, 3.05) is 19.7 Å². The predicted octanol–water partition coefficient (Wildman–Crippen LogP) is 2.20. The zero-order valence-electron chi connectivity index (χ0n) is 13.1. The van der Waals surface area contributed by atoms with Gasteiger partial charge in [0, 0.05) is 13.1 Å². The largest absolute Gasteiger partial charge is 0.494 e. The van der Waals surface area contributed by atoms with E-state index >= 15 is 0 Å². The summed E-state index contributed by atoms with van der Waals surface area (Å²) in [5.74, 6) is -0.532. The molecule has 5 nitrogen and oxygen atoms in total. The van der Waals surface area contributed by atoms with Gasteiger partial charge in [0.05, 0.1) is 18.9 Å². The number of hydrogen-bond donors (Lipinski definition) is 1. The number of hydrogen-bond acceptors (Lipinski definition) is 3. The van der Waals surface area contributed by atoms with Crippen LogP contribution in [0, 0.1) is 11.8 Å². The average Bonchev–Trinajstić information content (AvgIpc) is 2.88. The summed E-state index contributed by atoms with van der Waals surface area (Å²) < 4.78 is 5.57. The average molecular weight is 305 g/mol. The van der Waals surface area contributed by atoms with Gasteiger partial charge in [-0.25, -0.2) is 0 Å². The van der Waals surface area contributed by atoms with E-state index in [0.29, 0.717) is 19.7 Å². The van der Waals surface area contributed by atoms with Gasteiger partial charge in [-0.2, -0.15) is 0 Å².